The minimum absolute atomic E-state index is 0.101. The van der Waals surface area contributed by atoms with Crippen molar-refractivity contribution in [1.82, 2.24) is 4.90 Å². The predicted octanol–water partition coefficient (Wildman–Crippen LogP) is 3.91. The molecule has 2 fully saturated rings. The molecule has 6 heteroatoms. The average Bonchev–Trinajstić information content (AvgIpc) is 3.27. The number of likely N-dealkylation sites (tertiary alicyclic amines) is 1. The first-order valence-electron chi connectivity index (χ1n) is 10.2. The number of fused-ring (bicyclic) bond motifs is 1. The Bertz CT molecular complexity index is 768. The lowest BCUT2D eigenvalue weighted by atomic mass is 10.0. The van der Waals surface area contributed by atoms with Gasteiger partial charge in [-0.15, -0.1) is 11.8 Å². The van der Waals surface area contributed by atoms with Crippen molar-refractivity contribution in [1.29, 1.82) is 0 Å². The Balaban J connectivity index is 1.30. The van der Waals surface area contributed by atoms with Crippen molar-refractivity contribution < 1.29 is 19.7 Å². The lowest BCUT2D eigenvalue weighted by molar-refractivity contribution is 0.185. The van der Waals surface area contributed by atoms with E-state index in [-0.39, 0.29) is 16.9 Å². The van der Waals surface area contributed by atoms with Crippen LogP contribution in [-0.4, -0.2) is 53.9 Å². The van der Waals surface area contributed by atoms with Gasteiger partial charge in [-0.3, -0.25) is 0 Å². The molecule has 2 N–H and O–H groups in total. The van der Waals surface area contributed by atoms with Crippen LogP contribution in [0.25, 0.3) is 0 Å². The monoisotopic (exact) mass is 415 g/mol. The molecule has 0 amide bonds. The molecule has 0 aromatic heterocycles. The third-order valence-corrected chi connectivity index (χ3v) is 7.08. The van der Waals surface area contributed by atoms with E-state index in [2.05, 4.69) is 4.90 Å². The van der Waals surface area contributed by atoms with Crippen molar-refractivity contribution in [2.45, 2.75) is 24.2 Å². The van der Waals surface area contributed by atoms with E-state index in [0.717, 1.165) is 49.5 Å². The number of aliphatic hydroxyl groups is 1. The second-order valence-corrected chi connectivity index (χ2v) is 9.16. The molecule has 0 radical (unpaired) electrons. The minimum atomic E-state index is 0.101. The van der Waals surface area contributed by atoms with Crippen LogP contribution in [-0.2, 0) is 0 Å². The number of phenolic OH excluding ortho intramolecular Hbond substituents is 1. The summed E-state index contributed by atoms with van der Waals surface area (Å²) in [7, 11) is 1.67. The lowest BCUT2D eigenvalue weighted by Crippen LogP contribution is -2.28. The highest BCUT2D eigenvalue weighted by Crippen LogP contribution is 2.41. The van der Waals surface area contributed by atoms with E-state index in [1.54, 1.807) is 31.0 Å². The maximum absolute atomic E-state index is 9.53. The van der Waals surface area contributed by atoms with E-state index in [1.807, 2.05) is 36.4 Å². The highest BCUT2D eigenvalue weighted by atomic mass is 32.2. The number of thioether (sulfide) groups is 1. The van der Waals surface area contributed by atoms with Crippen molar-refractivity contribution in [3.63, 3.8) is 0 Å². The first-order chi connectivity index (χ1) is 14.1. The fraction of sp³-hybridized carbons (Fsp3) is 0.478. The van der Waals surface area contributed by atoms with Crippen molar-refractivity contribution in [2.24, 2.45) is 11.8 Å². The zero-order valence-electron chi connectivity index (χ0n) is 16.7. The topological polar surface area (TPSA) is 62.2 Å². The molecular formula is C23H29NO4S. The summed E-state index contributed by atoms with van der Waals surface area (Å²) >= 11 is 1.55. The van der Waals surface area contributed by atoms with E-state index >= 15 is 0 Å². The number of aliphatic hydroxyl groups excluding tert-OH is 1. The molecule has 1 saturated carbocycles. The molecule has 29 heavy (non-hydrogen) atoms. The number of ether oxygens (including phenoxy) is 2. The van der Waals surface area contributed by atoms with E-state index in [9.17, 15) is 10.2 Å². The van der Waals surface area contributed by atoms with E-state index < -0.39 is 0 Å². The van der Waals surface area contributed by atoms with Gasteiger partial charge in [0.1, 0.15) is 17.2 Å². The molecule has 2 aliphatic rings. The molecule has 2 aromatic carbocycles. The normalized spacial score (nSPS) is 25.0. The molecule has 156 valence electrons. The van der Waals surface area contributed by atoms with Gasteiger partial charge in [0.2, 0.25) is 0 Å². The second-order valence-electron chi connectivity index (χ2n) is 8.00. The number of phenols is 1. The Kier molecular flexibility index (Phi) is 6.53. The van der Waals surface area contributed by atoms with Crippen LogP contribution in [0.15, 0.2) is 48.5 Å². The number of rotatable bonds is 8. The molecule has 2 unspecified atom stereocenters. The number of aromatic hydroxyl groups is 1. The number of hydrogen-bond donors (Lipinski definition) is 2. The molecule has 1 aliphatic heterocycles. The van der Waals surface area contributed by atoms with Gasteiger partial charge in [-0.05, 0) is 66.6 Å². The number of methoxy groups -OCH3 is 1. The SMILES string of the molecule is COc1ccc(OC2C[C@@H]3CN(CC(SCO)c4ccc(O)cc4)C[C@@H]3C2)cc1. The van der Waals surface area contributed by atoms with Crippen molar-refractivity contribution in [2.75, 3.05) is 32.7 Å². The fourth-order valence-electron chi connectivity index (χ4n) is 4.70. The highest BCUT2D eigenvalue weighted by molar-refractivity contribution is 7.99. The zero-order valence-corrected chi connectivity index (χ0v) is 17.6. The first kappa shape index (κ1) is 20.4. The van der Waals surface area contributed by atoms with Gasteiger partial charge in [-0.1, -0.05) is 12.1 Å². The lowest BCUT2D eigenvalue weighted by Gasteiger charge is -2.25. The molecule has 5 nitrogen and oxygen atoms in total. The van der Waals surface area contributed by atoms with Crippen molar-refractivity contribution >= 4 is 11.8 Å². The number of hydrogen-bond acceptors (Lipinski definition) is 6. The summed E-state index contributed by atoms with van der Waals surface area (Å²) in [4.78, 5) is 2.53. The molecule has 2 aromatic rings. The van der Waals surface area contributed by atoms with Gasteiger partial charge >= 0.3 is 0 Å². The molecule has 1 heterocycles. The summed E-state index contributed by atoms with van der Waals surface area (Å²) in [5, 5.41) is 19.2. The van der Waals surface area contributed by atoms with E-state index in [1.165, 1.54) is 0 Å². The number of nitrogens with zero attached hydrogens (tertiary/aromatic N) is 1. The van der Waals surface area contributed by atoms with Gasteiger partial charge in [-0.2, -0.15) is 0 Å². The third-order valence-electron chi connectivity index (χ3n) is 6.11. The van der Waals surface area contributed by atoms with Gasteiger partial charge in [0.25, 0.3) is 0 Å². The molecular weight excluding hydrogens is 386 g/mol. The van der Waals surface area contributed by atoms with Crippen molar-refractivity contribution in [3.05, 3.63) is 54.1 Å². The van der Waals surface area contributed by atoms with Crippen LogP contribution >= 0.6 is 11.8 Å². The maximum atomic E-state index is 9.53. The van der Waals surface area contributed by atoms with Gasteiger partial charge in [0, 0.05) is 24.9 Å². The maximum Gasteiger partial charge on any atom is 0.119 e. The summed E-state index contributed by atoms with van der Waals surface area (Å²) in [6.07, 6.45) is 2.49. The van der Waals surface area contributed by atoms with Crippen LogP contribution in [0, 0.1) is 11.8 Å². The average molecular weight is 416 g/mol. The fourth-order valence-corrected chi connectivity index (χ4v) is 5.55. The van der Waals surface area contributed by atoms with Crippen LogP contribution in [0.1, 0.15) is 23.7 Å². The Morgan fingerprint density at radius 2 is 1.62 bits per heavy atom. The van der Waals surface area contributed by atoms with Gasteiger partial charge in [-0.25, -0.2) is 0 Å². The van der Waals surface area contributed by atoms with Crippen LogP contribution in [0.2, 0.25) is 0 Å². The Morgan fingerprint density at radius 3 is 2.21 bits per heavy atom. The Hall–Kier alpha value is -1.89. The standard InChI is InChI=1S/C23H29NO4S/c1-27-20-6-8-21(9-7-20)28-22-10-17-12-24(13-18(17)11-22)14-23(29-15-25)16-2-4-19(26)5-3-16/h2-9,17-18,22-23,25-26H,10-15H2,1H3/t17-,18+,22?,23?. The molecule has 1 aliphatic carbocycles. The molecule has 1 saturated heterocycles. The van der Waals surface area contributed by atoms with Gasteiger partial charge < -0.3 is 24.6 Å². The second kappa shape index (κ2) is 9.28. The molecule has 4 atom stereocenters. The smallest absolute Gasteiger partial charge is 0.119 e. The summed E-state index contributed by atoms with van der Waals surface area (Å²) in [6, 6.07) is 15.2. The molecule has 0 bridgehead atoms. The van der Waals surface area contributed by atoms with E-state index in [0.29, 0.717) is 17.9 Å². The van der Waals surface area contributed by atoms with Gasteiger partial charge in [0.15, 0.2) is 0 Å². The largest absolute Gasteiger partial charge is 0.508 e. The van der Waals surface area contributed by atoms with Gasteiger partial charge in [0.05, 0.1) is 19.2 Å². The summed E-state index contributed by atoms with van der Waals surface area (Å²) in [5.41, 5.74) is 1.15. The van der Waals surface area contributed by atoms with Crippen LogP contribution in [0.4, 0.5) is 0 Å². The third kappa shape index (κ3) is 5.00. The van der Waals surface area contributed by atoms with Crippen LogP contribution < -0.4 is 9.47 Å². The van der Waals surface area contributed by atoms with Crippen molar-refractivity contribution in [3.8, 4) is 17.2 Å². The predicted molar refractivity (Wildman–Crippen MR) is 116 cm³/mol. The van der Waals surface area contributed by atoms with Crippen LogP contribution in [0.3, 0.4) is 0 Å². The summed E-state index contributed by atoms with van der Waals surface area (Å²) in [5.74, 6) is 3.50. The quantitative estimate of drug-likeness (QED) is 0.638. The zero-order chi connectivity index (χ0) is 20.2. The van der Waals surface area contributed by atoms with E-state index in [4.69, 9.17) is 9.47 Å². The first-order valence-corrected chi connectivity index (χ1v) is 11.2. The Morgan fingerprint density at radius 1 is 1.00 bits per heavy atom. The Labute approximate surface area is 176 Å². The molecule has 0 spiro atoms. The number of benzene rings is 2. The summed E-state index contributed by atoms with van der Waals surface area (Å²) in [6.45, 7) is 3.11. The minimum Gasteiger partial charge on any atom is -0.508 e. The summed E-state index contributed by atoms with van der Waals surface area (Å²) < 4.78 is 11.4. The highest BCUT2D eigenvalue weighted by Gasteiger charge is 2.42. The van der Waals surface area contributed by atoms with Crippen LogP contribution in [0.5, 0.6) is 17.2 Å². The molecule has 4 rings (SSSR count).